The lowest BCUT2D eigenvalue weighted by Crippen LogP contribution is -2.27. The summed E-state index contributed by atoms with van der Waals surface area (Å²) in [7, 11) is 0. The van der Waals surface area contributed by atoms with Crippen LogP contribution in [-0.4, -0.2) is 17.6 Å². The Bertz CT molecular complexity index is 566. The Morgan fingerprint density at radius 3 is 3.10 bits per heavy atom. The Kier molecular flexibility index (Phi) is 3.97. The van der Waals surface area contributed by atoms with Gasteiger partial charge in [0, 0.05) is 31.0 Å². The lowest BCUT2D eigenvalue weighted by atomic mass is 10.0. The number of hydrogen-bond acceptors (Lipinski definition) is 3. The van der Waals surface area contributed by atoms with Gasteiger partial charge in [-0.2, -0.15) is 0 Å². The summed E-state index contributed by atoms with van der Waals surface area (Å²) in [6.45, 7) is 4.13. The first-order chi connectivity index (χ1) is 9.81. The maximum Gasteiger partial charge on any atom is 0.0541 e. The van der Waals surface area contributed by atoms with Crippen molar-refractivity contribution in [1.29, 1.82) is 0 Å². The van der Waals surface area contributed by atoms with E-state index in [9.17, 15) is 0 Å². The van der Waals surface area contributed by atoms with Gasteiger partial charge in [-0.25, -0.2) is 0 Å². The number of rotatable bonds is 5. The van der Waals surface area contributed by atoms with E-state index in [0.29, 0.717) is 6.04 Å². The summed E-state index contributed by atoms with van der Waals surface area (Å²) in [5.74, 6) is 0. The van der Waals surface area contributed by atoms with E-state index < -0.39 is 0 Å². The standard InChI is InChI=1S/C17H21N3/c1-13(20-12-16-4-2-3-8-18-16)10-14-5-6-17-15(11-14)7-9-19-17/h2-6,8,11,13,19-20H,7,9-10,12H2,1H3. The predicted octanol–water partition coefficient (Wildman–Crippen LogP) is 2.77. The van der Waals surface area contributed by atoms with E-state index in [0.717, 1.165) is 31.6 Å². The van der Waals surface area contributed by atoms with Crippen molar-refractivity contribution < 1.29 is 0 Å². The molecule has 0 saturated carbocycles. The average Bonchev–Trinajstić information content (AvgIpc) is 2.94. The Labute approximate surface area is 120 Å². The fraction of sp³-hybridized carbons (Fsp3) is 0.353. The van der Waals surface area contributed by atoms with Crippen LogP contribution in [0, 0.1) is 0 Å². The van der Waals surface area contributed by atoms with Crippen LogP contribution in [0.1, 0.15) is 23.7 Å². The molecule has 2 heterocycles. The number of aromatic nitrogens is 1. The second-order valence-corrected chi connectivity index (χ2v) is 5.48. The van der Waals surface area contributed by atoms with Gasteiger partial charge >= 0.3 is 0 Å². The van der Waals surface area contributed by atoms with Crippen molar-refractivity contribution in [3.05, 3.63) is 59.4 Å². The van der Waals surface area contributed by atoms with E-state index >= 15 is 0 Å². The largest absolute Gasteiger partial charge is 0.384 e. The van der Waals surface area contributed by atoms with E-state index in [-0.39, 0.29) is 0 Å². The first-order valence-electron chi connectivity index (χ1n) is 7.30. The van der Waals surface area contributed by atoms with E-state index in [4.69, 9.17) is 0 Å². The summed E-state index contributed by atoms with van der Waals surface area (Å²) >= 11 is 0. The summed E-state index contributed by atoms with van der Waals surface area (Å²) in [5, 5.41) is 6.94. The third-order valence-electron chi connectivity index (χ3n) is 3.78. The molecule has 0 radical (unpaired) electrons. The number of anilines is 1. The fourth-order valence-corrected chi connectivity index (χ4v) is 2.69. The molecule has 3 nitrogen and oxygen atoms in total. The second kappa shape index (κ2) is 6.06. The molecule has 3 rings (SSSR count). The molecular weight excluding hydrogens is 246 g/mol. The van der Waals surface area contributed by atoms with Gasteiger partial charge in [0.05, 0.1) is 5.69 Å². The van der Waals surface area contributed by atoms with Gasteiger partial charge < -0.3 is 10.6 Å². The SMILES string of the molecule is CC(Cc1ccc2c(c1)CCN2)NCc1ccccn1. The van der Waals surface area contributed by atoms with Crippen LogP contribution in [0.4, 0.5) is 5.69 Å². The first kappa shape index (κ1) is 13.1. The average molecular weight is 267 g/mol. The quantitative estimate of drug-likeness (QED) is 0.874. The summed E-state index contributed by atoms with van der Waals surface area (Å²) < 4.78 is 0. The molecule has 0 spiro atoms. The van der Waals surface area contributed by atoms with Crippen LogP contribution in [0.3, 0.4) is 0 Å². The molecular formula is C17H21N3. The highest BCUT2D eigenvalue weighted by molar-refractivity contribution is 5.56. The topological polar surface area (TPSA) is 37.0 Å². The van der Waals surface area contributed by atoms with Gasteiger partial charge in [-0.3, -0.25) is 4.98 Å². The van der Waals surface area contributed by atoms with Gasteiger partial charge in [-0.05, 0) is 49.1 Å². The van der Waals surface area contributed by atoms with E-state index in [1.54, 1.807) is 0 Å². The maximum absolute atomic E-state index is 4.33. The molecule has 1 aromatic heterocycles. The normalized spacial score (nSPS) is 14.7. The minimum Gasteiger partial charge on any atom is -0.384 e. The second-order valence-electron chi connectivity index (χ2n) is 5.48. The molecule has 104 valence electrons. The molecule has 1 unspecified atom stereocenters. The van der Waals surface area contributed by atoms with Crippen LogP contribution in [0.2, 0.25) is 0 Å². The molecule has 1 atom stereocenters. The third kappa shape index (κ3) is 3.17. The number of nitrogens with one attached hydrogen (secondary N) is 2. The lowest BCUT2D eigenvalue weighted by Gasteiger charge is -2.14. The lowest BCUT2D eigenvalue weighted by molar-refractivity contribution is 0.540. The third-order valence-corrected chi connectivity index (χ3v) is 3.78. The molecule has 1 aliphatic heterocycles. The number of fused-ring (bicyclic) bond motifs is 1. The molecule has 0 bridgehead atoms. The molecule has 0 amide bonds. The van der Waals surface area contributed by atoms with Crippen molar-refractivity contribution in [2.24, 2.45) is 0 Å². The van der Waals surface area contributed by atoms with Crippen LogP contribution in [0.15, 0.2) is 42.6 Å². The Balaban J connectivity index is 1.55. The highest BCUT2D eigenvalue weighted by Gasteiger charge is 2.11. The highest BCUT2D eigenvalue weighted by Crippen LogP contribution is 2.23. The van der Waals surface area contributed by atoms with Crippen LogP contribution in [0.5, 0.6) is 0 Å². The monoisotopic (exact) mass is 267 g/mol. The summed E-state index contributed by atoms with van der Waals surface area (Å²) in [6.07, 6.45) is 4.05. The first-order valence-corrected chi connectivity index (χ1v) is 7.30. The minimum absolute atomic E-state index is 0.449. The molecule has 1 aliphatic rings. The van der Waals surface area contributed by atoms with E-state index in [2.05, 4.69) is 46.8 Å². The molecule has 1 aromatic carbocycles. The summed E-state index contributed by atoms with van der Waals surface area (Å²) in [5.41, 5.74) is 5.27. The maximum atomic E-state index is 4.33. The van der Waals surface area contributed by atoms with Crippen molar-refractivity contribution in [2.75, 3.05) is 11.9 Å². The predicted molar refractivity (Wildman–Crippen MR) is 82.9 cm³/mol. The number of benzene rings is 1. The Hall–Kier alpha value is -1.87. The van der Waals surface area contributed by atoms with Gasteiger partial charge in [-0.15, -0.1) is 0 Å². The molecule has 0 saturated heterocycles. The number of hydrogen-bond donors (Lipinski definition) is 2. The Morgan fingerprint density at radius 2 is 2.25 bits per heavy atom. The van der Waals surface area contributed by atoms with Crippen molar-refractivity contribution in [2.45, 2.75) is 32.4 Å². The molecule has 0 aliphatic carbocycles. The fourth-order valence-electron chi connectivity index (χ4n) is 2.69. The van der Waals surface area contributed by atoms with Crippen LogP contribution >= 0.6 is 0 Å². The molecule has 2 N–H and O–H groups in total. The van der Waals surface area contributed by atoms with Crippen molar-refractivity contribution in [3.63, 3.8) is 0 Å². The summed E-state index contributed by atoms with van der Waals surface area (Å²) in [4.78, 5) is 4.33. The number of pyridine rings is 1. The zero-order chi connectivity index (χ0) is 13.8. The summed E-state index contributed by atoms with van der Waals surface area (Å²) in [6, 6.07) is 13.3. The molecule has 0 fully saturated rings. The van der Waals surface area contributed by atoms with Crippen LogP contribution in [-0.2, 0) is 19.4 Å². The number of nitrogens with zero attached hydrogens (tertiary/aromatic N) is 1. The zero-order valence-corrected chi connectivity index (χ0v) is 11.9. The van der Waals surface area contributed by atoms with Crippen molar-refractivity contribution in [3.8, 4) is 0 Å². The highest BCUT2D eigenvalue weighted by atomic mass is 14.9. The molecule has 20 heavy (non-hydrogen) atoms. The van der Waals surface area contributed by atoms with E-state index in [1.165, 1.54) is 16.8 Å². The van der Waals surface area contributed by atoms with Crippen LogP contribution in [0.25, 0.3) is 0 Å². The van der Waals surface area contributed by atoms with E-state index in [1.807, 2.05) is 18.3 Å². The van der Waals surface area contributed by atoms with Crippen molar-refractivity contribution in [1.82, 2.24) is 10.3 Å². The van der Waals surface area contributed by atoms with Crippen molar-refractivity contribution >= 4 is 5.69 Å². The Morgan fingerprint density at radius 1 is 1.30 bits per heavy atom. The van der Waals surface area contributed by atoms with Gasteiger partial charge in [0.25, 0.3) is 0 Å². The van der Waals surface area contributed by atoms with Gasteiger partial charge in [0.2, 0.25) is 0 Å². The van der Waals surface area contributed by atoms with Crippen LogP contribution < -0.4 is 10.6 Å². The smallest absolute Gasteiger partial charge is 0.0541 e. The zero-order valence-electron chi connectivity index (χ0n) is 11.9. The van der Waals surface area contributed by atoms with Gasteiger partial charge in [0.1, 0.15) is 0 Å². The van der Waals surface area contributed by atoms with Gasteiger partial charge in [-0.1, -0.05) is 18.2 Å². The minimum atomic E-state index is 0.449. The molecule has 2 aromatic rings. The molecule has 3 heteroatoms. The van der Waals surface area contributed by atoms with Gasteiger partial charge in [0.15, 0.2) is 0 Å².